The number of nitrogens with zero attached hydrogens (tertiary/aromatic N) is 1. The van der Waals surface area contributed by atoms with Gasteiger partial charge in [-0.2, -0.15) is 0 Å². The Balaban J connectivity index is 1.50. The van der Waals surface area contributed by atoms with Crippen molar-refractivity contribution < 1.29 is 17.9 Å². The number of urea groups is 1. The third-order valence-corrected chi connectivity index (χ3v) is 7.83. The maximum atomic E-state index is 13.2. The first-order valence-corrected chi connectivity index (χ1v) is 12.3. The van der Waals surface area contributed by atoms with Crippen LogP contribution in [0.4, 0.5) is 16.2 Å². The standard InChI is InChI=1S/C23H29N3O4S/c1-30-20-10-12-21(13-11-20)31(28,29)26-15-5-6-17-16-19(9-14-22(17)26)25-23(27)24-18-7-3-2-4-8-18/h9-14,16,18H,2-8,15H2,1H3,(H2,24,25,27). The van der Waals surface area contributed by atoms with Crippen molar-refractivity contribution in [2.24, 2.45) is 0 Å². The summed E-state index contributed by atoms with van der Waals surface area (Å²) in [5, 5.41) is 5.95. The smallest absolute Gasteiger partial charge is 0.319 e. The average Bonchev–Trinajstić information content (AvgIpc) is 2.79. The highest BCUT2D eigenvalue weighted by atomic mass is 32.2. The van der Waals surface area contributed by atoms with E-state index in [1.54, 1.807) is 43.5 Å². The third kappa shape index (κ3) is 4.79. The lowest BCUT2D eigenvalue weighted by Crippen LogP contribution is -2.39. The molecular formula is C23H29N3O4S. The van der Waals surface area contributed by atoms with Crippen molar-refractivity contribution in [1.82, 2.24) is 5.32 Å². The summed E-state index contributed by atoms with van der Waals surface area (Å²) >= 11 is 0. The van der Waals surface area contributed by atoms with Gasteiger partial charge in [-0.15, -0.1) is 0 Å². The van der Waals surface area contributed by atoms with Gasteiger partial charge in [0.15, 0.2) is 0 Å². The van der Waals surface area contributed by atoms with Gasteiger partial charge in [0, 0.05) is 18.3 Å². The lowest BCUT2D eigenvalue weighted by Gasteiger charge is -2.31. The number of carbonyl (C=O) groups excluding carboxylic acids is 1. The zero-order valence-electron chi connectivity index (χ0n) is 17.8. The highest BCUT2D eigenvalue weighted by Gasteiger charge is 2.29. The molecule has 8 heteroatoms. The Labute approximate surface area is 183 Å². The summed E-state index contributed by atoms with van der Waals surface area (Å²) < 4.78 is 33.1. The molecule has 2 N–H and O–H groups in total. The Bertz CT molecular complexity index is 1030. The van der Waals surface area contributed by atoms with Crippen LogP contribution in [0.5, 0.6) is 5.75 Å². The van der Waals surface area contributed by atoms with Crippen LogP contribution in [0.3, 0.4) is 0 Å². The topological polar surface area (TPSA) is 87.7 Å². The highest BCUT2D eigenvalue weighted by Crippen LogP contribution is 2.34. The van der Waals surface area contributed by atoms with E-state index in [2.05, 4.69) is 10.6 Å². The summed E-state index contributed by atoms with van der Waals surface area (Å²) in [6.07, 6.45) is 7.08. The monoisotopic (exact) mass is 443 g/mol. The summed E-state index contributed by atoms with van der Waals surface area (Å²) in [6.45, 7) is 0.427. The number of benzene rings is 2. The molecule has 0 spiro atoms. The Kier molecular flexibility index (Phi) is 6.36. The van der Waals surface area contributed by atoms with Crippen molar-refractivity contribution >= 4 is 27.4 Å². The van der Waals surface area contributed by atoms with Gasteiger partial charge < -0.3 is 15.4 Å². The number of sulfonamides is 1. The molecule has 0 saturated heterocycles. The Morgan fingerprint density at radius 3 is 2.48 bits per heavy atom. The van der Waals surface area contributed by atoms with Crippen LogP contribution < -0.4 is 19.7 Å². The second kappa shape index (κ2) is 9.18. The molecule has 2 aromatic carbocycles. The molecule has 2 amide bonds. The molecule has 1 aliphatic heterocycles. The highest BCUT2D eigenvalue weighted by molar-refractivity contribution is 7.92. The number of anilines is 2. The fourth-order valence-electron chi connectivity index (χ4n) is 4.36. The second-order valence-electron chi connectivity index (χ2n) is 8.13. The number of carbonyl (C=O) groups is 1. The van der Waals surface area contributed by atoms with Crippen molar-refractivity contribution in [3.05, 3.63) is 48.0 Å². The van der Waals surface area contributed by atoms with E-state index in [1.807, 2.05) is 6.07 Å². The maximum absolute atomic E-state index is 13.2. The van der Waals surface area contributed by atoms with E-state index >= 15 is 0 Å². The number of hydrogen-bond acceptors (Lipinski definition) is 4. The molecule has 2 aromatic rings. The molecule has 31 heavy (non-hydrogen) atoms. The molecule has 4 rings (SSSR count). The number of aryl methyl sites for hydroxylation is 1. The van der Waals surface area contributed by atoms with Crippen molar-refractivity contribution in [3.63, 3.8) is 0 Å². The van der Waals surface area contributed by atoms with Crippen molar-refractivity contribution in [1.29, 1.82) is 0 Å². The zero-order valence-corrected chi connectivity index (χ0v) is 18.6. The van der Waals surface area contributed by atoms with Crippen LogP contribution in [0.15, 0.2) is 47.4 Å². The van der Waals surface area contributed by atoms with Gasteiger partial charge >= 0.3 is 6.03 Å². The molecule has 1 fully saturated rings. The fraction of sp³-hybridized carbons (Fsp3) is 0.435. The largest absolute Gasteiger partial charge is 0.497 e. The molecule has 0 atom stereocenters. The van der Waals surface area contributed by atoms with Crippen molar-refractivity contribution in [2.45, 2.75) is 55.9 Å². The Morgan fingerprint density at radius 2 is 1.77 bits per heavy atom. The van der Waals surface area contributed by atoms with Crippen molar-refractivity contribution in [2.75, 3.05) is 23.3 Å². The van der Waals surface area contributed by atoms with Crippen LogP contribution in [0.25, 0.3) is 0 Å². The average molecular weight is 444 g/mol. The summed E-state index contributed by atoms with van der Waals surface area (Å²) in [5.41, 5.74) is 2.26. The van der Waals surface area contributed by atoms with E-state index in [0.29, 0.717) is 23.7 Å². The number of hydrogen-bond donors (Lipinski definition) is 2. The zero-order chi connectivity index (χ0) is 21.8. The van der Waals surface area contributed by atoms with E-state index in [-0.39, 0.29) is 17.0 Å². The van der Waals surface area contributed by atoms with Crippen LogP contribution in [0, 0.1) is 0 Å². The van der Waals surface area contributed by atoms with Crippen LogP contribution in [-0.4, -0.2) is 34.1 Å². The predicted octanol–water partition coefficient (Wildman–Crippen LogP) is 4.29. The van der Waals surface area contributed by atoms with Gasteiger partial charge in [-0.05, 0) is 73.7 Å². The molecule has 2 aliphatic rings. The van der Waals surface area contributed by atoms with Gasteiger partial charge in [-0.25, -0.2) is 13.2 Å². The van der Waals surface area contributed by atoms with E-state index < -0.39 is 10.0 Å². The molecular weight excluding hydrogens is 414 g/mol. The number of ether oxygens (including phenoxy) is 1. The fourth-order valence-corrected chi connectivity index (χ4v) is 5.91. The summed E-state index contributed by atoms with van der Waals surface area (Å²) in [4.78, 5) is 12.6. The number of fused-ring (bicyclic) bond motifs is 1. The second-order valence-corrected chi connectivity index (χ2v) is 10.00. The maximum Gasteiger partial charge on any atom is 0.319 e. The SMILES string of the molecule is COc1ccc(S(=O)(=O)N2CCCc3cc(NC(=O)NC4CCCCC4)ccc32)cc1. The molecule has 0 unspecified atom stereocenters. The molecule has 1 heterocycles. The summed E-state index contributed by atoms with van der Waals surface area (Å²) in [5.74, 6) is 0.611. The van der Waals surface area contributed by atoms with Gasteiger partial charge in [0.25, 0.3) is 10.0 Å². The predicted molar refractivity (Wildman–Crippen MR) is 121 cm³/mol. The first-order valence-electron chi connectivity index (χ1n) is 10.8. The van der Waals surface area contributed by atoms with Crippen LogP contribution >= 0.6 is 0 Å². The summed E-state index contributed by atoms with van der Waals surface area (Å²) in [7, 11) is -2.13. The Hall–Kier alpha value is -2.74. The third-order valence-electron chi connectivity index (χ3n) is 6.00. The van der Waals surface area contributed by atoms with Gasteiger partial charge in [0.05, 0.1) is 17.7 Å². The molecule has 1 aliphatic carbocycles. The minimum absolute atomic E-state index is 0.203. The molecule has 0 radical (unpaired) electrons. The number of nitrogens with one attached hydrogen (secondary N) is 2. The van der Waals surface area contributed by atoms with E-state index in [4.69, 9.17) is 4.74 Å². The van der Waals surface area contributed by atoms with Gasteiger partial charge in [0.1, 0.15) is 5.75 Å². The number of methoxy groups -OCH3 is 1. The first kappa shape index (κ1) is 21.5. The van der Waals surface area contributed by atoms with Gasteiger partial charge in [-0.1, -0.05) is 19.3 Å². The first-order chi connectivity index (χ1) is 15.0. The molecule has 0 bridgehead atoms. The number of amides is 2. The molecule has 166 valence electrons. The molecule has 7 nitrogen and oxygen atoms in total. The number of rotatable bonds is 5. The lowest BCUT2D eigenvalue weighted by molar-refractivity contribution is 0.244. The van der Waals surface area contributed by atoms with Crippen LogP contribution in [0.1, 0.15) is 44.1 Å². The molecule has 0 aromatic heterocycles. The quantitative estimate of drug-likeness (QED) is 0.722. The normalized spacial score (nSPS) is 17.0. The lowest BCUT2D eigenvalue weighted by atomic mass is 9.96. The van der Waals surface area contributed by atoms with Crippen molar-refractivity contribution in [3.8, 4) is 5.75 Å². The Morgan fingerprint density at radius 1 is 1.03 bits per heavy atom. The van der Waals surface area contributed by atoms with E-state index in [0.717, 1.165) is 44.1 Å². The van der Waals surface area contributed by atoms with Gasteiger partial charge in [0.2, 0.25) is 0 Å². The van der Waals surface area contributed by atoms with Gasteiger partial charge in [-0.3, -0.25) is 4.31 Å². The minimum Gasteiger partial charge on any atom is -0.497 e. The van der Waals surface area contributed by atoms with E-state index in [9.17, 15) is 13.2 Å². The minimum atomic E-state index is -3.68. The van der Waals surface area contributed by atoms with E-state index in [1.165, 1.54) is 10.7 Å². The van der Waals surface area contributed by atoms with Crippen LogP contribution in [-0.2, 0) is 16.4 Å². The molecule has 1 saturated carbocycles. The summed E-state index contributed by atoms with van der Waals surface area (Å²) in [6, 6.07) is 11.9. The van der Waals surface area contributed by atoms with Crippen LogP contribution in [0.2, 0.25) is 0 Å².